The van der Waals surface area contributed by atoms with Gasteiger partial charge in [0.15, 0.2) is 0 Å². The van der Waals surface area contributed by atoms with Gasteiger partial charge >= 0.3 is 78.5 Å². The van der Waals surface area contributed by atoms with E-state index in [0.29, 0.717) is 33.8 Å². The van der Waals surface area contributed by atoms with Crippen molar-refractivity contribution in [2.45, 2.75) is 14.7 Å². The van der Waals surface area contributed by atoms with Crippen molar-refractivity contribution < 1.29 is 99.0 Å². The van der Waals surface area contributed by atoms with Crippen LogP contribution in [-0.4, -0.2) is 69.9 Å². The third-order valence-electron chi connectivity index (χ3n) is 11.9. The zero-order valence-corrected chi connectivity index (χ0v) is 60.4. The first-order valence-corrected chi connectivity index (χ1v) is 36.9. The van der Waals surface area contributed by atoms with Crippen molar-refractivity contribution in [3.63, 3.8) is 0 Å². The fourth-order valence-electron chi connectivity index (χ4n) is 7.83. The molecule has 0 unspecified atom stereocenters. The van der Waals surface area contributed by atoms with Crippen molar-refractivity contribution in [1.82, 2.24) is 29.9 Å². The van der Waals surface area contributed by atoms with Gasteiger partial charge in [-0.3, -0.25) is 60.2 Å². The standard InChI is InChI=1S/3C17H12N3O4S.3C5H5N.CH3.FH.HI.3Pd/c3*21-20(22)16-10-3-4-11-17(16)25(23,24)19-15-9-2-1-7-13(15)14-8-5-6-12-18-14;3*1-2-4-6-5-3-1;;;;;;/h3*1-12H;3*1-5H;1H3;2*1H;;;/q3*-1;;;;-1;;;3*+2/p-2. The molecular formula is C67H54FIN12O12Pd3S3. The molecule has 516 valence electrons. The van der Waals surface area contributed by atoms with Crippen LogP contribution < -0.4 is 0 Å². The zero-order chi connectivity index (χ0) is 70.3. The predicted octanol–water partition coefficient (Wildman–Crippen LogP) is 17.1. The summed E-state index contributed by atoms with van der Waals surface area (Å²) in [7, 11) is -12.8. The maximum atomic E-state index is 12.6. The number of sulfonamides is 3. The molecule has 0 spiro atoms. The van der Waals surface area contributed by atoms with Crippen LogP contribution in [0.15, 0.2) is 325 Å². The SMILES string of the molecule is O=[N+]([O-])c1ccccc1S(=O)(=O)[N-]c1ccccc1-c1ccccn1.O=[N+]([O-])c1ccccc1S(=O)(=O)[N-]c1ccccc1-c1ccccn1.O=[N+]([O-])c1ccccc1S(=O)(=O)[N-]c1ccccc1-c1ccccn1.[CH3-].[F][Pd+].[Pd+2].[Pd+][I].c1ccncc1.c1ccncc1.c1ccncc1. The van der Waals surface area contributed by atoms with Crippen LogP contribution in [-0.2, 0) is 85.8 Å². The van der Waals surface area contributed by atoms with Gasteiger partial charge in [0.05, 0.1) is 31.9 Å². The number of hydrogen-bond donors (Lipinski definition) is 0. The Bertz CT molecular complexity index is 4180. The van der Waals surface area contributed by atoms with Gasteiger partial charge in [0.2, 0.25) is 0 Å². The first kappa shape index (κ1) is 83.5. The number of pyridine rings is 6. The summed E-state index contributed by atoms with van der Waals surface area (Å²) in [5.41, 5.74) is 2.18. The van der Waals surface area contributed by atoms with E-state index in [4.69, 9.17) is 0 Å². The molecule has 12 rings (SSSR count). The number of rotatable bonds is 15. The molecule has 24 nitrogen and oxygen atoms in total. The van der Waals surface area contributed by atoms with Crippen LogP contribution in [0.1, 0.15) is 0 Å². The third-order valence-corrected chi connectivity index (χ3v) is 15.9. The van der Waals surface area contributed by atoms with Crippen molar-refractivity contribution in [3.8, 4) is 33.8 Å². The molecule has 6 heterocycles. The van der Waals surface area contributed by atoms with Crippen molar-refractivity contribution in [2.24, 2.45) is 0 Å². The molecule has 0 aliphatic rings. The van der Waals surface area contributed by atoms with E-state index >= 15 is 0 Å². The molecule has 0 radical (unpaired) electrons. The fraction of sp³-hybridized carbons (Fsp3) is 0. The second kappa shape index (κ2) is 45.0. The molecule has 0 N–H and O–H groups in total. The average Bonchev–Trinajstić information content (AvgIpc) is 0.809. The number of hydrogen-bond acceptors (Lipinski definition) is 18. The Labute approximate surface area is 617 Å². The topological polar surface area (TPSA) is 351 Å². The minimum absolute atomic E-state index is 0. The van der Waals surface area contributed by atoms with Crippen LogP contribution in [0.3, 0.4) is 0 Å². The summed E-state index contributed by atoms with van der Waals surface area (Å²) in [5, 5.41) is 33.3. The average molecular weight is 1780 g/mol. The Balaban J connectivity index is 0.000000330. The molecule has 0 saturated heterocycles. The number of halogens is 2. The van der Waals surface area contributed by atoms with Crippen LogP contribution >= 0.6 is 19.5 Å². The van der Waals surface area contributed by atoms with Gasteiger partial charge in [-0.25, -0.2) is 25.3 Å². The van der Waals surface area contributed by atoms with E-state index < -0.39 is 76.6 Å². The normalized spacial score (nSPS) is 9.96. The van der Waals surface area contributed by atoms with Gasteiger partial charge in [-0.05, 0) is 108 Å². The Kier molecular flexibility index (Phi) is 38.0. The Morgan fingerprint density at radius 2 is 0.515 bits per heavy atom. The molecule has 6 aromatic carbocycles. The number of aromatic nitrogens is 6. The number of para-hydroxylation sites is 3. The van der Waals surface area contributed by atoms with Crippen molar-refractivity contribution in [3.05, 3.63) is 362 Å². The number of nitrogens with zero attached hydrogens (tertiary/aromatic N) is 12. The molecule has 0 fully saturated rings. The van der Waals surface area contributed by atoms with E-state index in [1.54, 1.807) is 165 Å². The molecule has 99 heavy (non-hydrogen) atoms. The maximum absolute atomic E-state index is 12.6. The van der Waals surface area contributed by atoms with Crippen molar-refractivity contribution in [1.29, 1.82) is 0 Å². The zero-order valence-electron chi connectivity index (χ0n) is 51.1. The molecule has 32 heteroatoms. The van der Waals surface area contributed by atoms with E-state index in [9.17, 15) is 58.8 Å². The maximum Gasteiger partial charge on any atom is 0.0267 e. The van der Waals surface area contributed by atoms with Gasteiger partial charge in [-0.2, -0.15) is 0 Å². The smallest absolute Gasteiger partial charge is 0.0267 e. The second-order valence-electron chi connectivity index (χ2n) is 18.1. The van der Waals surface area contributed by atoms with E-state index in [2.05, 4.69) is 59.7 Å². The summed E-state index contributed by atoms with van der Waals surface area (Å²) < 4.78 is 96.5. The molecule has 0 aliphatic carbocycles. The first-order chi connectivity index (χ1) is 47.0. The molecule has 6 aromatic heterocycles. The first-order valence-electron chi connectivity index (χ1n) is 27.4. The molecule has 0 atom stereocenters. The van der Waals surface area contributed by atoms with Gasteiger partial charge in [0.1, 0.15) is 44.8 Å². The van der Waals surface area contributed by atoms with E-state index in [-0.39, 0.29) is 44.9 Å². The van der Waals surface area contributed by atoms with Gasteiger partial charge in [0.25, 0.3) is 17.1 Å². The summed E-state index contributed by atoms with van der Waals surface area (Å²) in [5.74, 6) is 0. The summed E-state index contributed by atoms with van der Waals surface area (Å²) >= 11 is 5.97. The molecule has 0 saturated carbocycles. The van der Waals surface area contributed by atoms with Gasteiger partial charge in [-0.15, -0.1) is 17.1 Å². The van der Waals surface area contributed by atoms with Crippen LogP contribution in [0.4, 0.5) is 37.3 Å². The quantitative estimate of drug-likeness (QED) is 0.0302. The van der Waals surface area contributed by atoms with Crippen LogP contribution in [0.25, 0.3) is 47.9 Å². The largest absolute Gasteiger partial charge is 0.265 e. The Hall–Kier alpha value is -9.68. The summed E-state index contributed by atoms with van der Waals surface area (Å²) in [6, 6.07) is 68.0. The minimum atomic E-state index is -4.26. The van der Waals surface area contributed by atoms with Crippen molar-refractivity contribution >= 4 is 83.7 Å². The van der Waals surface area contributed by atoms with Crippen LogP contribution in [0.5, 0.6) is 0 Å². The number of benzene rings is 6. The van der Waals surface area contributed by atoms with E-state index in [1.807, 2.05) is 74.1 Å². The minimum Gasteiger partial charge on any atom is -0.265 e. The van der Waals surface area contributed by atoms with Crippen molar-refractivity contribution in [2.75, 3.05) is 0 Å². The molecular weight excluding hydrogens is 1730 g/mol. The summed E-state index contributed by atoms with van der Waals surface area (Å²) in [6.45, 7) is 0. The third kappa shape index (κ3) is 27.3. The predicted molar refractivity (Wildman–Crippen MR) is 373 cm³/mol. The van der Waals surface area contributed by atoms with E-state index in [1.165, 1.54) is 92.5 Å². The summed E-state index contributed by atoms with van der Waals surface area (Å²) in [6.07, 6.45) is 15.3. The Morgan fingerprint density at radius 3 is 0.707 bits per heavy atom. The molecule has 0 aliphatic heterocycles. The number of nitro benzene ring substituents is 3. The summed E-state index contributed by atoms with van der Waals surface area (Å²) in [4.78, 5) is 53.7. The van der Waals surface area contributed by atoms with Crippen LogP contribution in [0.2, 0.25) is 0 Å². The Morgan fingerprint density at radius 1 is 0.313 bits per heavy atom. The monoisotopic (exact) mass is 1780 g/mol. The van der Waals surface area contributed by atoms with Gasteiger partial charge in [-0.1, -0.05) is 146 Å². The molecule has 0 bridgehead atoms. The molecule has 0 amide bonds. The molecule has 12 aromatic rings. The number of nitro groups is 3. The van der Waals surface area contributed by atoms with E-state index in [0.717, 1.165) is 18.2 Å². The van der Waals surface area contributed by atoms with Gasteiger partial charge in [0, 0.05) is 74.0 Å². The second-order valence-corrected chi connectivity index (χ2v) is 22.9. The van der Waals surface area contributed by atoms with Gasteiger partial charge < -0.3 is 21.6 Å². The fourth-order valence-corrected chi connectivity index (χ4v) is 11.3. The van der Waals surface area contributed by atoms with Crippen LogP contribution in [0, 0.1) is 37.8 Å².